The Labute approximate surface area is 130 Å². The van der Waals surface area contributed by atoms with Gasteiger partial charge in [0.25, 0.3) is 0 Å². The summed E-state index contributed by atoms with van der Waals surface area (Å²) in [6.07, 6.45) is 0. The Hall–Kier alpha value is -2.49. The molecule has 2 rings (SSSR count). The van der Waals surface area contributed by atoms with Gasteiger partial charge in [-0.25, -0.2) is 4.79 Å². The lowest BCUT2D eigenvalue weighted by Crippen LogP contribution is -2.23. The number of aromatic hydroxyl groups is 1. The molecule has 0 saturated heterocycles. The van der Waals surface area contributed by atoms with E-state index in [4.69, 9.17) is 9.47 Å². The summed E-state index contributed by atoms with van der Waals surface area (Å²) in [5.74, 6) is 0.246. The maximum absolute atomic E-state index is 12.3. The van der Waals surface area contributed by atoms with E-state index in [1.54, 1.807) is 36.4 Å². The maximum atomic E-state index is 12.3. The zero-order chi connectivity index (χ0) is 16.3. The van der Waals surface area contributed by atoms with Crippen LogP contribution in [-0.2, 0) is 4.74 Å². The Bertz CT molecular complexity index is 684. The first-order chi connectivity index (χ1) is 10.3. The molecular weight excluding hydrogens is 280 g/mol. The van der Waals surface area contributed by atoms with Crippen molar-refractivity contribution in [2.24, 2.45) is 0 Å². The largest absolute Gasteiger partial charge is 0.507 e. The van der Waals surface area contributed by atoms with E-state index in [1.165, 1.54) is 7.11 Å². The molecule has 0 bridgehead atoms. The summed E-state index contributed by atoms with van der Waals surface area (Å²) in [6.45, 7) is 5.44. The van der Waals surface area contributed by atoms with Gasteiger partial charge in [0.1, 0.15) is 17.1 Å². The van der Waals surface area contributed by atoms with Crippen LogP contribution in [0.1, 0.15) is 31.1 Å². The fourth-order valence-electron chi connectivity index (χ4n) is 2.05. The van der Waals surface area contributed by atoms with Gasteiger partial charge in [-0.05, 0) is 50.6 Å². The number of ether oxygens (including phenoxy) is 2. The number of rotatable bonds is 3. The van der Waals surface area contributed by atoms with Crippen LogP contribution in [0.3, 0.4) is 0 Å². The van der Waals surface area contributed by atoms with Crippen LogP contribution in [0.25, 0.3) is 11.1 Å². The minimum absolute atomic E-state index is 0.144. The minimum Gasteiger partial charge on any atom is -0.507 e. The molecule has 1 N–H and O–H groups in total. The van der Waals surface area contributed by atoms with E-state index in [-0.39, 0.29) is 5.75 Å². The number of phenols is 1. The van der Waals surface area contributed by atoms with Gasteiger partial charge in [0, 0.05) is 5.56 Å². The van der Waals surface area contributed by atoms with Gasteiger partial charge in [-0.3, -0.25) is 0 Å². The van der Waals surface area contributed by atoms with E-state index < -0.39 is 11.6 Å². The quantitative estimate of drug-likeness (QED) is 0.870. The van der Waals surface area contributed by atoms with Crippen molar-refractivity contribution in [2.75, 3.05) is 7.11 Å². The molecule has 2 aromatic rings. The number of para-hydroxylation sites is 1. The van der Waals surface area contributed by atoms with Gasteiger partial charge < -0.3 is 14.6 Å². The molecule has 4 nitrogen and oxygen atoms in total. The maximum Gasteiger partial charge on any atom is 0.338 e. The lowest BCUT2D eigenvalue weighted by atomic mass is 10.0. The van der Waals surface area contributed by atoms with Gasteiger partial charge in [-0.15, -0.1) is 0 Å². The molecule has 4 heteroatoms. The van der Waals surface area contributed by atoms with Crippen LogP contribution in [-0.4, -0.2) is 23.8 Å². The first-order valence-electron chi connectivity index (χ1n) is 7.01. The normalized spacial score (nSPS) is 11.1. The minimum atomic E-state index is -0.574. The molecular formula is C18H20O4. The van der Waals surface area contributed by atoms with E-state index in [0.29, 0.717) is 22.4 Å². The summed E-state index contributed by atoms with van der Waals surface area (Å²) >= 11 is 0. The summed E-state index contributed by atoms with van der Waals surface area (Å²) in [5.41, 5.74) is 1.13. The molecule has 0 amide bonds. The third-order valence-corrected chi connectivity index (χ3v) is 2.99. The average Bonchev–Trinajstić information content (AvgIpc) is 2.45. The number of carbonyl (C=O) groups is 1. The zero-order valence-electron chi connectivity index (χ0n) is 13.2. The Kier molecular flexibility index (Phi) is 4.40. The predicted molar refractivity (Wildman–Crippen MR) is 85.3 cm³/mol. The molecule has 0 aliphatic carbocycles. The molecule has 0 saturated carbocycles. The second-order valence-electron chi connectivity index (χ2n) is 5.97. The molecule has 0 aliphatic heterocycles. The predicted octanol–water partition coefficient (Wildman–Crippen LogP) is 4.02. The first kappa shape index (κ1) is 15.9. The molecule has 2 aromatic carbocycles. The van der Waals surface area contributed by atoms with Crippen LogP contribution in [0, 0.1) is 0 Å². The standard InChI is InChI=1S/C18H20O4/c1-18(2,3)22-17(20)13-9-12(10-14(11-13)21-4)15-7-5-6-8-16(15)19/h5-11,19H,1-4H3. The Morgan fingerprint density at radius 1 is 1.09 bits per heavy atom. The number of hydrogen-bond acceptors (Lipinski definition) is 4. The fourth-order valence-corrected chi connectivity index (χ4v) is 2.05. The lowest BCUT2D eigenvalue weighted by Gasteiger charge is -2.20. The molecule has 0 atom stereocenters. The van der Waals surface area contributed by atoms with Crippen LogP contribution >= 0.6 is 0 Å². The number of hydrogen-bond donors (Lipinski definition) is 1. The number of methoxy groups -OCH3 is 1. The summed E-state index contributed by atoms with van der Waals surface area (Å²) < 4.78 is 10.6. The topological polar surface area (TPSA) is 55.8 Å². The summed E-state index contributed by atoms with van der Waals surface area (Å²) in [6, 6.07) is 12.0. The second-order valence-corrected chi connectivity index (χ2v) is 5.97. The third kappa shape index (κ3) is 3.79. The monoisotopic (exact) mass is 300 g/mol. The van der Waals surface area contributed by atoms with Gasteiger partial charge >= 0.3 is 5.97 Å². The van der Waals surface area contributed by atoms with Crippen LogP contribution in [0.4, 0.5) is 0 Å². The second kappa shape index (κ2) is 6.10. The fraction of sp³-hybridized carbons (Fsp3) is 0.278. The Balaban J connectivity index is 2.47. The number of carbonyl (C=O) groups excluding carboxylic acids is 1. The molecule has 0 aliphatic rings. The van der Waals surface area contributed by atoms with Crippen molar-refractivity contribution in [1.29, 1.82) is 0 Å². The van der Waals surface area contributed by atoms with Crippen LogP contribution < -0.4 is 4.74 Å². The number of esters is 1. The molecule has 0 radical (unpaired) electrons. The van der Waals surface area contributed by atoms with Gasteiger partial charge in [0.2, 0.25) is 0 Å². The van der Waals surface area contributed by atoms with E-state index >= 15 is 0 Å². The molecule has 0 unspecified atom stereocenters. The van der Waals surface area contributed by atoms with E-state index in [0.717, 1.165) is 0 Å². The SMILES string of the molecule is COc1cc(C(=O)OC(C)(C)C)cc(-c2ccccc2O)c1. The van der Waals surface area contributed by atoms with Crippen LogP contribution in [0.15, 0.2) is 42.5 Å². The lowest BCUT2D eigenvalue weighted by molar-refractivity contribution is 0.00692. The van der Waals surface area contributed by atoms with E-state index in [9.17, 15) is 9.90 Å². The molecule has 116 valence electrons. The summed E-state index contributed by atoms with van der Waals surface area (Å²) in [5, 5.41) is 9.99. The first-order valence-corrected chi connectivity index (χ1v) is 7.01. The number of phenolic OH excluding ortho intramolecular Hbond substituents is 1. The average molecular weight is 300 g/mol. The van der Waals surface area contributed by atoms with Crippen LogP contribution in [0.5, 0.6) is 11.5 Å². The van der Waals surface area contributed by atoms with Gasteiger partial charge in [-0.2, -0.15) is 0 Å². The highest BCUT2D eigenvalue weighted by molar-refractivity contribution is 5.92. The van der Waals surface area contributed by atoms with Crippen molar-refractivity contribution >= 4 is 5.97 Å². The van der Waals surface area contributed by atoms with E-state index in [2.05, 4.69) is 0 Å². The molecule has 0 fully saturated rings. The van der Waals surface area contributed by atoms with Crippen molar-refractivity contribution in [3.8, 4) is 22.6 Å². The molecule has 0 heterocycles. The number of benzene rings is 2. The smallest absolute Gasteiger partial charge is 0.338 e. The summed E-state index contributed by atoms with van der Waals surface area (Å²) in [7, 11) is 1.53. The van der Waals surface area contributed by atoms with Crippen molar-refractivity contribution in [3.63, 3.8) is 0 Å². The van der Waals surface area contributed by atoms with Crippen molar-refractivity contribution in [3.05, 3.63) is 48.0 Å². The van der Waals surface area contributed by atoms with Crippen molar-refractivity contribution in [2.45, 2.75) is 26.4 Å². The van der Waals surface area contributed by atoms with E-state index in [1.807, 2.05) is 26.8 Å². The highest BCUT2D eigenvalue weighted by atomic mass is 16.6. The highest BCUT2D eigenvalue weighted by Crippen LogP contribution is 2.32. The van der Waals surface area contributed by atoms with Crippen LogP contribution in [0.2, 0.25) is 0 Å². The molecule has 22 heavy (non-hydrogen) atoms. The highest BCUT2D eigenvalue weighted by Gasteiger charge is 2.19. The third-order valence-electron chi connectivity index (χ3n) is 2.99. The van der Waals surface area contributed by atoms with Gasteiger partial charge in [0.05, 0.1) is 12.7 Å². The molecule has 0 spiro atoms. The van der Waals surface area contributed by atoms with Gasteiger partial charge in [0.15, 0.2) is 0 Å². The Morgan fingerprint density at radius 2 is 1.77 bits per heavy atom. The Morgan fingerprint density at radius 3 is 2.36 bits per heavy atom. The zero-order valence-corrected chi connectivity index (χ0v) is 13.2. The van der Waals surface area contributed by atoms with Gasteiger partial charge in [-0.1, -0.05) is 18.2 Å². The van der Waals surface area contributed by atoms with Crippen molar-refractivity contribution < 1.29 is 19.4 Å². The summed E-state index contributed by atoms with van der Waals surface area (Å²) in [4.78, 5) is 12.3. The van der Waals surface area contributed by atoms with Crippen molar-refractivity contribution in [1.82, 2.24) is 0 Å². The molecule has 0 aromatic heterocycles.